The van der Waals surface area contributed by atoms with E-state index < -0.39 is 5.60 Å². The van der Waals surface area contributed by atoms with Gasteiger partial charge in [-0.05, 0) is 36.7 Å². The number of nitrogens with zero attached hydrogens (tertiary/aromatic N) is 3. The number of nitrogens with two attached hydrogens (primary N) is 1. The first-order valence-corrected chi connectivity index (χ1v) is 5.88. The number of hydrogen-bond acceptors (Lipinski definition) is 5. The Morgan fingerprint density at radius 3 is 2.69 bits per heavy atom. The van der Waals surface area contributed by atoms with Crippen LogP contribution in [0, 0.1) is 0 Å². The summed E-state index contributed by atoms with van der Waals surface area (Å²) in [7, 11) is 0. The summed E-state index contributed by atoms with van der Waals surface area (Å²) in [6, 6.07) is 0. The second-order valence-corrected chi connectivity index (χ2v) is 5.08. The molecule has 0 atom stereocenters. The average Bonchev–Trinajstić information content (AvgIpc) is 2.17. The lowest BCUT2D eigenvalue weighted by molar-refractivity contribution is 0.0874. The summed E-state index contributed by atoms with van der Waals surface area (Å²) in [5.74, 6) is 0.935. The standard InChI is InChI=1S/C10H17BrN4O/c1-4-15(6-10(2,3)16)8-7(11)5-13-9(12)14-8/h5,16H,4,6H2,1-3H3,(H2,12,13,14). The SMILES string of the molecule is CCN(CC(C)(C)O)c1nc(N)ncc1Br. The number of likely N-dealkylation sites (N-methyl/N-ethyl adjacent to an activating group) is 1. The minimum absolute atomic E-state index is 0.229. The molecule has 16 heavy (non-hydrogen) atoms. The summed E-state index contributed by atoms with van der Waals surface area (Å²) >= 11 is 3.38. The summed E-state index contributed by atoms with van der Waals surface area (Å²) in [5, 5.41) is 9.81. The van der Waals surface area contributed by atoms with Gasteiger partial charge in [0.1, 0.15) is 5.82 Å². The zero-order valence-electron chi connectivity index (χ0n) is 9.74. The van der Waals surface area contributed by atoms with Crippen LogP contribution in [0.5, 0.6) is 0 Å². The maximum Gasteiger partial charge on any atom is 0.222 e. The number of halogens is 1. The van der Waals surface area contributed by atoms with Crippen molar-refractivity contribution in [2.75, 3.05) is 23.7 Å². The van der Waals surface area contributed by atoms with Crippen LogP contribution in [-0.4, -0.2) is 33.8 Å². The van der Waals surface area contributed by atoms with Gasteiger partial charge < -0.3 is 15.7 Å². The molecule has 1 aromatic rings. The first-order chi connectivity index (χ1) is 7.33. The molecule has 0 amide bonds. The Kier molecular flexibility index (Phi) is 4.09. The maximum absolute atomic E-state index is 9.81. The number of aliphatic hydroxyl groups is 1. The molecule has 0 spiro atoms. The second kappa shape index (κ2) is 4.97. The number of anilines is 2. The van der Waals surface area contributed by atoms with Gasteiger partial charge in [0.2, 0.25) is 5.95 Å². The minimum atomic E-state index is -0.783. The van der Waals surface area contributed by atoms with Crippen molar-refractivity contribution >= 4 is 27.7 Å². The Labute approximate surface area is 104 Å². The second-order valence-electron chi connectivity index (χ2n) is 4.23. The van der Waals surface area contributed by atoms with Crippen LogP contribution in [0.2, 0.25) is 0 Å². The van der Waals surface area contributed by atoms with Crippen molar-refractivity contribution in [2.45, 2.75) is 26.4 Å². The molecule has 0 aromatic carbocycles. The van der Waals surface area contributed by atoms with E-state index in [0.29, 0.717) is 12.4 Å². The third-order valence-electron chi connectivity index (χ3n) is 2.00. The maximum atomic E-state index is 9.81. The molecule has 0 aliphatic heterocycles. The summed E-state index contributed by atoms with van der Waals surface area (Å²) < 4.78 is 0.771. The fourth-order valence-corrected chi connectivity index (χ4v) is 1.84. The number of nitrogen functional groups attached to an aromatic ring is 1. The molecule has 0 aliphatic rings. The van der Waals surface area contributed by atoms with Crippen LogP contribution in [-0.2, 0) is 0 Å². The Morgan fingerprint density at radius 1 is 1.56 bits per heavy atom. The van der Waals surface area contributed by atoms with Gasteiger partial charge in [-0.3, -0.25) is 0 Å². The highest BCUT2D eigenvalue weighted by atomic mass is 79.9. The predicted molar refractivity (Wildman–Crippen MR) is 68.3 cm³/mol. The van der Waals surface area contributed by atoms with E-state index in [9.17, 15) is 5.11 Å². The van der Waals surface area contributed by atoms with Crippen LogP contribution in [0.4, 0.5) is 11.8 Å². The molecule has 5 nitrogen and oxygen atoms in total. The van der Waals surface area contributed by atoms with E-state index in [0.717, 1.165) is 11.0 Å². The zero-order chi connectivity index (χ0) is 12.3. The summed E-state index contributed by atoms with van der Waals surface area (Å²) in [6.07, 6.45) is 1.62. The van der Waals surface area contributed by atoms with Crippen molar-refractivity contribution in [1.82, 2.24) is 9.97 Å². The first-order valence-electron chi connectivity index (χ1n) is 5.09. The molecule has 1 heterocycles. The lowest BCUT2D eigenvalue weighted by Crippen LogP contribution is -2.39. The predicted octanol–water partition coefficient (Wildman–Crippen LogP) is 1.42. The van der Waals surface area contributed by atoms with Gasteiger partial charge in [0.05, 0.1) is 10.1 Å². The van der Waals surface area contributed by atoms with Crippen molar-refractivity contribution in [3.63, 3.8) is 0 Å². The molecular formula is C10H17BrN4O. The van der Waals surface area contributed by atoms with E-state index in [-0.39, 0.29) is 5.95 Å². The van der Waals surface area contributed by atoms with Crippen molar-refractivity contribution in [1.29, 1.82) is 0 Å². The molecule has 0 aliphatic carbocycles. The van der Waals surface area contributed by atoms with Crippen LogP contribution in [0.1, 0.15) is 20.8 Å². The van der Waals surface area contributed by atoms with Crippen molar-refractivity contribution in [3.8, 4) is 0 Å². The summed E-state index contributed by atoms with van der Waals surface area (Å²) in [5.41, 5.74) is 4.77. The van der Waals surface area contributed by atoms with Crippen molar-refractivity contribution in [3.05, 3.63) is 10.7 Å². The fraction of sp³-hybridized carbons (Fsp3) is 0.600. The van der Waals surface area contributed by atoms with Gasteiger partial charge in [-0.15, -0.1) is 0 Å². The Morgan fingerprint density at radius 2 is 2.19 bits per heavy atom. The third-order valence-corrected chi connectivity index (χ3v) is 2.56. The van der Waals surface area contributed by atoms with Crippen molar-refractivity contribution in [2.24, 2.45) is 0 Å². The Bertz CT molecular complexity index is 364. The molecule has 1 rings (SSSR count). The molecule has 0 saturated heterocycles. The quantitative estimate of drug-likeness (QED) is 0.876. The van der Waals surface area contributed by atoms with Gasteiger partial charge in [0, 0.05) is 19.3 Å². The molecule has 0 bridgehead atoms. The smallest absolute Gasteiger partial charge is 0.222 e. The van der Waals surface area contributed by atoms with E-state index >= 15 is 0 Å². The van der Waals surface area contributed by atoms with E-state index in [2.05, 4.69) is 25.9 Å². The topological polar surface area (TPSA) is 75.3 Å². The minimum Gasteiger partial charge on any atom is -0.389 e. The average molecular weight is 289 g/mol. The van der Waals surface area contributed by atoms with Gasteiger partial charge >= 0.3 is 0 Å². The van der Waals surface area contributed by atoms with Gasteiger partial charge in [0.15, 0.2) is 0 Å². The third kappa shape index (κ3) is 3.61. The van der Waals surface area contributed by atoms with E-state index in [1.54, 1.807) is 20.0 Å². The number of hydrogen-bond donors (Lipinski definition) is 2. The normalized spacial score (nSPS) is 11.6. The number of rotatable bonds is 4. The van der Waals surface area contributed by atoms with Gasteiger partial charge in [-0.2, -0.15) is 4.98 Å². The fourth-order valence-electron chi connectivity index (χ4n) is 1.40. The highest BCUT2D eigenvalue weighted by Gasteiger charge is 2.20. The molecule has 90 valence electrons. The number of aromatic nitrogens is 2. The van der Waals surface area contributed by atoms with Crippen LogP contribution in [0.15, 0.2) is 10.7 Å². The van der Waals surface area contributed by atoms with Crippen LogP contribution in [0.25, 0.3) is 0 Å². The van der Waals surface area contributed by atoms with Gasteiger partial charge in [-0.1, -0.05) is 0 Å². The van der Waals surface area contributed by atoms with Crippen LogP contribution >= 0.6 is 15.9 Å². The molecule has 0 fully saturated rings. The molecule has 0 radical (unpaired) electrons. The Hall–Kier alpha value is -0.880. The van der Waals surface area contributed by atoms with Gasteiger partial charge in [0.25, 0.3) is 0 Å². The van der Waals surface area contributed by atoms with Crippen molar-refractivity contribution < 1.29 is 5.11 Å². The first kappa shape index (κ1) is 13.2. The highest BCUT2D eigenvalue weighted by Crippen LogP contribution is 2.24. The van der Waals surface area contributed by atoms with Crippen LogP contribution < -0.4 is 10.6 Å². The zero-order valence-corrected chi connectivity index (χ0v) is 11.3. The summed E-state index contributed by atoms with van der Waals surface area (Å²) in [4.78, 5) is 9.99. The van der Waals surface area contributed by atoms with E-state index in [4.69, 9.17) is 5.73 Å². The molecule has 6 heteroatoms. The van der Waals surface area contributed by atoms with E-state index in [1.807, 2.05) is 11.8 Å². The molecule has 1 aromatic heterocycles. The van der Waals surface area contributed by atoms with Gasteiger partial charge in [-0.25, -0.2) is 4.98 Å². The molecule has 3 N–H and O–H groups in total. The summed E-state index contributed by atoms with van der Waals surface area (Å²) in [6.45, 7) is 6.73. The molecule has 0 unspecified atom stereocenters. The molecular weight excluding hydrogens is 272 g/mol. The highest BCUT2D eigenvalue weighted by molar-refractivity contribution is 9.10. The monoisotopic (exact) mass is 288 g/mol. The lowest BCUT2D eigenvalue weighted by atomic mass is 10.1. The lowest BCUT2D eigenvalue weighted by Gasteiger charge is -2.29. The Balaban J connectivity index is 2.99. The molecule has 0 saturated carbocycles. The van der Waals surface area contributed by atoms with E-state index in [1.165, 1.54) is 0 Å². The largest absolute Gasteiger partial charge is 0.389 e. The van der Waals surface area contributed by atoms with Crippen LogP contribution in [0.3, 0.4) is 0 Å².